The van der Waals surface area contributed by atoms with Crippen LogP contribution in [-0.2, 0) is 4.74 Å². The second-order valence-corrected chi connectivity index (χ2v) is 5.46. The van der Waals surface area contributed by atoms with Crippen LogP contribution in [0.1, 0.15) is 40.0 Å². The van der Waals surface area contributed by atoms with Crippen LogP contribution >= 0.6 is 0 Å². The SMILES string of the molecule is CC1(C)CCCC(C)(O)C12C=CCO2. The Labute approximate surface area is 86.0 Å². The van der Waals surface area contributed by atoms with Crippen molar-refractivity contribution in [1.29, 1.82) is 0 Å². The van der Waals surface area contributed by atoms with Crippen molar-refractivity contribution in [2.75, 3.05) is 6.61 Å². The fraction of sp³-hybridized carbons (Fsp3) is 0.833. The summed E-state index contributed by atoms with van der Waals surface area (Å²) in [7, 11) is 0. The van der Waals surface area contributed by atoms with Gasteiger partial charge in [0, 0.05) is 5.41 Å². The Hall–Kier alpha value is -0.340. The quantitative estimate of drug-likeness (QED) is 0.602. The van der Waals surface area contributed by atoms with Gasteiger partial charge in [-0.3, -0.25) is 0 Å². The Bertz CT molecular complexity index is 247. The standard InChI is InChI=1S/C12H20O2/c1-10(2)6-4-7-11(3,13)12(10)8-5-9-14-12/h5,8,13H,4,6-7,9H2,1-3H3. The van der Waals surface area contributed by atoms with E-state index < -0.39 is 11.2 Å². The van der Waals surface area contributed by atoms with Gasteiger partial charge in [0.25, 0.3) is 0 Å². The van der Waals surface area contributed by atoms with Gasteiger partial charge in [0.2, 0.25) is 0 Å². The van der Waals surface area contributed by atoms with Gasteiger partial charge in [0.15, 0.2) is 0 Å². The Morgan fingerprint density at radius 2 is 1.93 bits per heavy atom. The molecule has 0 aromatic carbocycles. The highest BCUT2D eigenvalue weighted by Gasteiger charge is 2.59. The zero-order chi connectivity index (χ0) is 10.4. The molecule has 2 nitrogen and oxygen atoms in total. The fourth-order valence-corrected chi connectivity index (χ4v) is 3.17. The topological polar surface area (TPSA) is 29.5 Å². The molecule has 2 unspecified atom stereocenters. The van der Waals surface area contributed by atoms with E-state index in [2.05, 4.69) is 19.9 Å². The molecule has 2 rings (SSSR count). The lowest BCUT2D eigenvalue weighted by Crippen LogP contribution is -2.62. The van der Waals surface area contributed by atoms with Crippen LogP contribution in [0.4, 0.5) is 0 Å². The summed E-state index contributed by atoms with van der Waals surface area (Å²) >= 11 is 0. The van der Waals surface area contributed by atoms with Crippen molar-refractivity contribution < 1.29 is 9.84 Å². The molecule has 2 aliphatic rings. The van der Waals surface area contributed by atoms with Crippen LogP contribution in [0.2, 0.25) is 0 Å². The van der Waals surface area contributed by atoms with Crippen molar-refractivity contribution >= 4 is 0 Å². The molecule has 1 aliphatic heterocycles. The van der Waals surface area contributed by atoms with Crippen molar-refractivity contribution in [3.8, 4) is 0 Å². The zero-order valence-corrected chi connectivity index (χ0v) is 9.34. The smallest absolute Gasteiger partial charge is 0.120 e. The highest BCUT2D eigenvalue weighted by molar-refractivity contribution is 5.23. The van der Waals surface area contributed by atoms with E-state index in [1.165, 1.54) is 0 Å². The van der Waals surface area contributed by atoms with E-state index in [4.69, 9.17) is 4.74 Å². The predicted octanol–water partition coefficient (Wildman–Crippen LogP) is 2.27. The maximum atomic E-state index is 10.5. The summed E-state index contributed by atoms with van der Waals surface area (Å²) in [4.78, 5) is 0. The number of aliphatic hydroxyl groups is 1. The first-order valence-corrected chi connectivity index (χ1v) is 5.45. The van der Waals surface area contributed by atoms with Crippen LogP contribution in [0.3, 0.4) is 0 Å². The van der Waals surface area contributed by atoms with E-state index in [0.717, 1.165) is 19.3 Å². The van der Waals surface area contributed by atoms with E-state index in [-0.39, 0.29) is 5.41 Å². The molecule has 14 heavy (non-hydrogen) atoms. The van der Waals surface area contributed by atoms with Crippen LogP contribution in [-0.4, -0.2) is 22.9 Å². The highest BCUT2D eigenvalue weighted by atomic mass is 16.5. The zero-order valence-electron chi connectivity index (χ0n) is 9.34. The number of hydrogen-bond acceptors (Lipinski definition) is 2. The molecule has 1 heterocycles. The minimum Gasteiger partial charge on any atom is -0.387 e. The van der Waals surface area contributed by atoms with Crippen LogP contribution < -0.4 is 0 Å². The normalized spacial score (nSPS) is 46.0. The largest absolute Gasteiger partial charge is 0.387 e. The van der Waals surface area contributed by atoms with Crippen LogP contribution in [0.15, 0.2) is 12.2 Å². The molecule has 1 aliphatic carbocycles. The van der Waals surface area contributed by atoms with Gasteiger partial charge in [-0.1, -0.05) is 26.0 Å². The van der Waals surface area contributed by atoms with Crippen molar-refractivity contribution in [1.82, 2.24) is 0 Å². The molecule has 0 saturated heterocycles. The summed E-state index contributed by atoms with van der Waals surface area (Å²) in [5, 5.41) is 10.5. The predicted molar refractivity (Wildman–Crippen MR) is 56.1 cm³/mol. The summed E-state index contributed by atoms with van der Waals surface area (Å²) in [5.74, 6) is 0. The lowest BCUT2D eigenvalue weighted by molar-refractivity contribution is -0.209. The molecule has 0 aromatic heterocycles. The minimum atomic E-state index is -0.720. The van der Waals surface area contributed by atoms with Gasteiger partial charge in [0.1, 0.15) is 5.60 Å². The molecule has 80 valence electrons. The lowest BCUT2D eigenvalue weighted by Gasteiger charge is -2.54. The number of rotatable bonds is 0. The van der Waals surface area contributed by atoms with Crippen molar-refractivity contribution in [3.05, 3.63) is 12.2 Å². The van der Waals surface area contributed by atoms with Crippen molar-refractivity contribution in [2.24, 2.45) is 5.41 Å². The molecule has 0 aromatic rings. The van der Waals surface area contributed by atoms with Gasteiger partial charge in [0.05, 0.1) is 12.2 Å². The molecular weight excluding hydrogens is 176 g/mol. The average molecular weight is 196 g/mol. The first-order valence-electron chi connectivity index (χ1n) is 5.45. The van der Waals surface area contributed by atoms with Gasteiger partial charge in [-0.25, -0.2) is 0 Å². The average Bonchev–Trinajstić information content (AvgIpc) is 2.50. The molecule has 2 atom stereocenters. The van der Waals surface area contributed by atoms with Crippen molar-refractivity contribution in [3.63, 3.8) is 0 Å². The van der Waals surface area contributed by atoms with Gasteiger partial charge >= 0.3 is 0 Å². The summed E-state index contributed by atoms with van der Waals surface area (Å²) in [6.07, 6.45) is 7.14. The molecule has 0 radical (unpaired) electrons. The third kappa shape index (κ3) is 1.10. The van der Waals surface area contributed by atoms with Crippen molar-refractivity contribution in [2.45, 2.75) is 51.2 Å². The Balaban J connectivity index is 2.44. The maximum Gasteiger partial charge on any atom is 0.120 e. The molecular formula is C12H20O2. The first-order chi connectivity index (χ1) is 6.41. The Morgan fingerprint density at radius 3 is 2.43 bits per heavy atom. The second kappa shape index (κ2) is 2.83. The van der Waals surface area contributed by atoms with E-state index in [1.807, 2.05) is 13.0 Å². The summed E-state index contributed by atoms with van der Waals surface area (Å²) in [5.41, 5.74) is -1.15. The highest BCUT2D eigenvalue weighted by Crippen LogP contribution is 2.53. The monoisotopic (exact) mass is 196 g/mol. The van der Waals surface area contributed by atoms with Gasteiger partial charge in [-0.05, 0) is 26.2 Å². The lowest BCUT2D eigenvalue weighted by atomic mass is 9.58. The van der Waals surface area contributed by atoms with E-state index in [0.29, 0.717) is 6.61 Å². The molecule has 1 spiro atoms. The Morgan fingerprint density at radius 1 is 1.21 bits per heavy atom. The molecule has 0 amide bonds. The van der Waals surface area contributed by atoms with Gasteiger partial charge < -0.3 is 9.84 Å². The van der Waals surface area contributed by atoms with Gasteiger partial charge in [-0.15, -0.1) is 0 Å². The summed E-state index contributed by atoms with van der Waals surface area (Å²) < 4.78 is 5.85. The molecule has 1 N–H and O–H groups in total. The molecule has 0 bridgehead atoms. The Kier molecular flexibility index (Phi) is 2.06. The van der Waals surface area contributed by atoms with E-state index in [9.17, 15) is 5.11 Å². The minimum absolute atomic E-state index is 0.0295. The third-order valence-electron chi connectivity index (χ3n) is 4.03. The molecule has 2 heteroatoms. The molecule has 1 fully saturated rings. The second-order valence-electron chi connectivity index (χ2n) is 5.46. The summed E-state index contributed by atoms with van der Waals surface area (Å²) in [6.45, 7) is 6.93. The molecule has 1 saturated carbocycles. The van der Waals surface area contributed by atoms with E-state index >= 15 is 0 Å². The van der Waals surface area contributed by atoms with E-state index in [1.54, 1.807) is 0 Å². The van der Waals surface area contributed by atoms with Crippen LogP contribution in [0.25, 0.3) is 0 Å². The summed E-state index contributed by atoms with van der Waals surface area (Å²) in [6, 6.07) is 0. The van der Waals surface area contributed by atoms with Gasteiger partial charge in [-0.2, -0.15) is 0 Å². The fourth-order valence-electron chi connectivity index (χ4n) is 3.17. The van der Waals surface area contributed by atoms with Crippen LogP contribution in [0.5, 0.6) is 0 Å². The van der Waals surface area contributed by atoms with Crippen LogP contribution in [0, 0.1) is 5.41 Å². The maximum absolute atomic E-state index is 10.5. The first kappa shape index (κ1) is 10.2. The third-order valence-corrected chi connectivity index (χ3v) is 4.03. The number of hydrogen-bond donors (Lipinski definition) is 1. The number of ether oxygens (including phenoxy) is 1.